The van der Waals surface area contributed by atoms with Gasteiger partial charge in [0, 0.05) is 31.6 Å². The Morgan fingerprint density at radius 1 is 1.21 bits per heavy atom. The highest BCUT2D eigenvalue weighted by Crippen LogP contribution is 2.26. The number of aryl methyl sites for hydroxylation is 1. The summed E-state index contributed by atoms with van der Waals surface area (Å²) >= 11 is 0. The smallest absolute Gasteiger partial charge is 0.246 e. The van der Waals surface area contributed by atoms with Crippen molar-refractivity contribution in [2.45, 2.75) is 78.8 Å². The fourth-order valence-corrected chi connectivity index (χ4v) is 4.42. The fraction of sp³-hybridized carbons (Fsp3) is 0.667. The zero-order valence-electron chi connectivity index (χ0n) is 21.7. The summed E-state index contributed by atoms with van der Waals surface area (Å²) < 4.78 is 0. The van der Waals surface area contributed by atoms with E-state index in [1.54, 1.807) is 0 Å². The number of rotatable bonds is 11. The van der Waals surface area contributed by atoms with Crippen molar-refractivity contribution >= 4 is 17.7 Å². The number of benzene rings is 1. The molecule has 0 radical (unpaired) electrons. The van der Waals surface area contributed by atoms with E-state index in [1.807, 2.05) is 62.6 Å². The third kappa shape index (κ3) is 7.83. The maximum atomic E-state index is 13.7. The van der Waals surface area contributed by atoms with E-state index in [1.165, 1.54) is 5.56 Å². The van der Waals surface area contributed by atoms with Crippen LogP contribution in [0.2, 0.25) is 0 Å². The molecule has 0 aromatic heterocycles. The van der Waals surface area contributed by atoms with Gasteiger partial charge in [0.15, 0.2) is 0 Å². The first-order valence-corrected chi connectivity index (χ1v) is 12.7. The van der Waals surface area contributed by atoms with Crippen molar-refractivity contribution in [2.24, 2.45) is 17.1 Å². The molecule has 0 unspecified atom stereocenters. The van der Waals surface area contributed by atoms with Gasteiger partial charge in [0.2, 0.25) is 17.7 Å². The summed E-state index contributed by atoms with van der Waals surface area (Å²) in [4.78, 5) is 42.6. The number of carbonyl (C=O) groups is 3. The van der Waals surface area contributed by atoms with Gasteiger partial charge in [-0.2, -0.15) is 0 Å². The first kappa shape index (κ1) is 27.8. The third-order valence-corrected chi connectivity index (χ3v) is 6.81. The maximum absolute atomic E-state index is 13.7. The van der Waals surface area contributed by atoms with Crippen molar-refractivity contribution in [3.8, 4) is 0 Å². The van der Waals surface area contributed by atoms with Crippen LogP contribution in [0.4, 0.5) is 0 Å². The van der Waals surface area contributed by atoms with Crippen LogP contribution in [0.1, 0.15) is 65.9 Å². The van der Waals surface area contributed by atoms with Crippen LogP contribution >= 0.6 is 0 Å². The van der Waals surface area contributed by atoms with Crippen molar-refractivity contribution in [3.05, 3.63) is 35.9 Å². The lowest BCUT2D eigenvalue weighted by Crippen LogP contribution is -2.58. The predicted molar refractivity (Wildman–Crippen MR) is 136 cm³/mol. The number of carbonyl (C=O) groups excluding carboxylic acids is 3. The quantitative estimate of drug-likeness (QED) is 0.518. The second kappa shape index (κ2) is 12.9. The van der Waals surface area contributed by atoms with Gasteiger partial charge in [0.25, 0.3) is 0 Å². The highest BCUT2D eigenvalue weighted by atomic mass is 16.2. The highest BCUT2D eigenvalue weighted by Gasteiger charge is 2.40. The summed E-state index contributed by atoms with van der Waals surface area (Å²) in [6, 6.07) is 9.55. The van der Waals surface area contributed by atoms with Gasteiger partial charge in [0.05, 0.1) is 6.54 Å². The van der Waals surface area contributed by atoms with Crippen LogP contribution in [0.15, 0.2) is 30.3 Å². The molecule has 3 N–H and O–H groups in total. The molecule has 190 valence electrons. The Bertz CT molecular complexity index is 806. The summed E-state index contributed by atoms with van der Waals surface area (Å²) in [5.41, 5.74) is 6.53. The van der Waals surface area contributed by atoms with E-state index in [2.05, 4.69) is 17.4 Å². The molecule has 1 aliphatic heterocycles. The number of nitrogens with zero attached hydrogens (tertiary/aromatic N) is 2. The number of likely N-dealkylation sites (tertiary alicyclic amines) is 1. The van der Waals surface area contributed by atoms with E-state index in [9.17, 15) is 14.4 Å². The van der Waals surface area contributed by atoms with Gasteiger partial charge < -0.3 is 20.9 Å². The van der Waals surface area contributed by atoms with E-state index in [4.69, 9.17) is 5.73 Å². The summed E-state index contributed by atoms with van der Waals surface area (Å²) in [5, 5.41) is 3.01. The van der Waals surface area contributed by atoms with Gasteiger partial charge in [-0.3, -0.25) is 14.4 Å². The van der Waals surface area contributed by atoms with Crippen molar-refractivity contribution in [3.63, 3.8) is 0 Å². The highest BCUT2D eigenvalue weighted by molar-refractivity contribution is 5.89. The molecule has 0 saturated carbocycles. The summed E-state index contributed by atoms with van der Waals surface area (Å²) in [6.45, 7) is 11.5. The normalized spacial score (nSPS) is 17.8. The minimum Gasteiger partial charge on any atom is -0.344 e. The molecule has 2 rings (SSSR count). The Hall–Kier alpha value is -2.41. The van der Waals surface area contributed by atoms with Crippen LogP contribution < -0.4 is 11.1 Å². The topological polar surface area (TPSA) is 95.7 Å². The molecule has 1 aromatic carbocycles. The first-order valence-electron chi connectivity index (χ1n) is 12.7. The van der Waals surface area contributed by atoms with Crippen molar-refractivity contribution in [1.82, 2.24) is 15.1 Å². The largest absolute Gasteiger partial charge is 0.344 e. The van der Waals surface area contributed by atoms with E-state index >= 15 is 0 Å². The second-order valence-corrected chi connectivity index (χ2v) is 10.6. The molecule has 1 aromatic rings. The zero-order chi connectivity index (χ0) is 25.3. The molecule has 7 heteroatoms. The Morgan fingerprint density at radius 3 is 2.47 bits per heavy atom. The van der Waals surface area contributed by atoms with Crippen molar-refractivity contribution < 1.29 is 14.4 Å². The van der Waals surface area contributed by atoms with Crippen LogP contribution in [0.25, 0.3) is 0 Å². The number of nitrogens with two attached hydrogens (primary N) is 1. The lowest BCUT2D eigenvalue weighted by molar-refractivity contribution is -0.142. The molecule has 7 nitrogen and oxygen atoms in total. The summed E-state index contributed by atoms with van der Waals surface area (Å²) in [7, 11) is 0. The lowest BCUT2D eigenvalue weighted by atomic mass is 9.85. The molecule has 0 spiro atoms. The molecular formula is C27H44N4O3. The average Bonchev–Trinajstić information content (AvgIpc) is 3.28. The fourth-order valence-electron chi connectivity index (χ4n) is 4.42. The van der Waals surface area contributed by atoms with Crippen LogP contribution in [0, 0.1) is 11.3 Å². The molecule has 0 aliphatic carbocycles. The molecule has 3 amide bonds. The molecule has 1 heterocycles. The molecule has 1 aliphatic rings. The molecular weight excluding hydrogens is 428 g/mol. The monoisotopic (exact) mass is 472 g/mol. The Kier molecular flexibility index (Phi) is 10.5. The van der Waals surface area contributed by atoms with Crippen molar-refractivity contribution in [1.29, 1.82) is 0 Å². The number of hydrogen-bond donors (Lipinski definition) is 2. The Balaban J connectivity index is 2.09. The summed E-state index contributed by atoms with van der Waals surface area (Å²) in [6.07, 6.45) is 4.18. The standard InChI is InChI=1S/C27H44N4O3/c1-6-20(2)25(33)29-24(27(3,4)5)26(34)31-17-11-15-22(31)19-30(23(32)18-28)16-10-14-21-12-8-7-9-13-21/h7-9,12-13,20,22,24H,6,10-11,14-19,28H2,1-5H3,(H,29,33)/t20-,22+,24-/m1/s1. The molecule has 1 fully saturated rings. The average molecular weight is 473 g/mol. The van der Waals surface area contributed by atoms with Gasteiger partial charge in [-0.1, -0.05) is 65.0 Å². The van der Waals surface area contributed by atoms with Crippen LogP contribution in [0.5, 0.6) is 0 Å². The first-order chi connectivity index (χ1) is 16.1. The minimum absolute atomic E-state index is 0.0401. The van der Waals surface area contributed by atoms with Gasteiger partial charge in [-0.25, -0.2) is 0 Å². The van der Waals surface area contributed by atoms with E-state index < -0.39 is 11.5 Å². The van der Waals surface area contributed by atoms with E-state index in [0.29, 0.717) is 19.6 Å². The Morgan fingerprint density at radius 2 is 1.88 bits per heavy atom. The molecule has 0 bridgehead atoms. The molecule has 34 heavy (non-hydrogen) atoms. The predicted octanol–water partition coefficient (Wildman–Crippen LogP) is 2.97. The Labute approximate surface area is 205 Å². The maximum Gasteiger partial charge on any atom is 0.246 e. The van der Waals surface area contributed by atoms with Gasteiger partial charge in [0.1, 0.15) is 6.04 Å². The minimum atomic E-state index is -0.605. The third-order valence-electron chi connectivity index (χ3n) is 6.81. The second-order valence-electron chi connectivity index (χ2n) is 10.6. The van der Waals surface area contributed by atoms with Crippen LogP contribution in [-0.2, 0) is 20.8 Å². The number of hydrogen-bond acceptors (Lipinski definition) is 4. The van der Waals surface area contributed by atoms with Gasteiger partial charge >= 0.3 is 0 Å². The van der Waals surface area contributed by atoms with Crippen molar-refractivity contribution in [2.75, 3.05) is 26.2 Å². The summed E-state index contributed by atoms with van der Waals surface area (Å²) in [5.74, 6) is -0.387. The number of amides is 3. The van der Waals surface area contributed by atoms with E-state index in [-0.39, 0.29) is 36.2 Å². The molecule has 1 saturated heterocycles. The molecule has 3 atom stereocenters. The zero-order valence-corrected chi connectivity index (χ0v) is 21.7. The van der Waals surface area contributed by atoms with E-state index in [0.717, 1.165) is 32.1 Å². The van der Waals surface area contributed by atoms with Crippen LogP contribution in [-0.4, -0.2) is 65.8 Å². The van der Waals surface area contributed by atoms with Crippen LogP contribution in [0.3, 0.4) is 0 Å². The van der Waals surface area contributed by atoms with Gasteiger partial charge in [-0.05, 0) is 43.1 Å². The van der Waals surface area contributed by atoms with Gasteiger partial charge in [-0.15, -0.1) is 0 Å². The SMILES string of the molecule is CC[C@@H](C)C(=O)N[C@H](C(=O)N1CCC[C@H]1CN(CCCc1ccccc1)C(=O)CN)C(C)(C)C. The number of nitrogens with one attached hydrogen (secondary N) is 1. The lowest BCUT2D eigenvalue weighted by Gasteiger charge is -2.37.